The van der Waals surface area contributed by atoms with Crippen molar-refractivity contribution >= 4 is 57.1 Å². The Morgan fingerprint density at radius 1 is 0.941 bits per heavy atom. The summed E-state index contributed by atoms with van der Waals surface area (Å²) in [5.41, 5.74) is 0. The summed E-state index contributed by atoms with van der Waals surface area (Å²) in [7, 11) is -2.48. The Balaban J connectivity index is 5.10. The van der Waals surface area contributed by atoms with Gasteiger partial charge in [0.05, 0.1) is 0 Å². The van der Waals surface area contributed by atoms with Crippen molar-refractivity contribution in [3.63, 3.8) is 0 Å². The molecular formula is C8H28O3Si6. The maximum absolute atomic E-state index is 6.48. The number of rotatable bonds is 7. The van der Waals surface area contributed by atoms with E-state index in [2.05, 4.69) is 39.7 Å². The highest BCUT2D eigenvalue weighted by Crippen LogP contribution is 2.23. The second-order valence-corrected chi connectivity index (χ2v) is 22.2. The van der Waals surface area contributed by atoms with E-state index < -0.39 is 36.2 Å². The van der Waals surface area contributed by atoms with Gasteiger partial charge in [-0.3, -0.25) is 0 Å². The van der Waals surface area contributed by atoms with Crippen LogP contribution >= 0.6 is 0 Å². The fourth-order valence-corrected chi connectivity index (χ4v) is 18.5. The molecule has 0 unspecified atom stereocenters. The van der Waals surface area contributed by atoms with Gasteiger partial charge in [-0.05, 0) is 39.7 Å². The molecule has 0 aliphatic rings. The zero-order chi connectivity index (χ0) is 13.7. The molecule has 0 aromatic rings. The highest BCUT2D eigenvalue weighted by molar-refractivity contribution is 6.95. The number of hydrogen-bond donors (Lipinski definition) is 0. The molecule has 0 radical (unpaired) electrons. The first kappa shape index (κ1) is 17.9. The summed E-state index contributed by atoms with van der Waals surface area (Å²) < 4.78 is 17.6. The molecule has 17 heavy (non-hydrogen) atoms. The molecule has 0 amide bonds. The molecule has 0 rings (SSSR count). The second kappa shape index (κ2) is 7.50. The molecule has 0 saturated heterocycles. The third-order valence-corrected chi connectivity index (χ3v) is 16.7. The van der Waals surface area contributed by atoms with Crippen LogP contribution in [0.25, 0.3) is 0 Å². The van der Waals surface area contributed by atoms with E-state index in [1.165, 1.54) is 5.20 Å². The minimum absolute atomic E-state index is 0.473. The lowest BCUT2D eigenvalue weighted by Gasteiger charge is -2.34. The molecule has 0 spiro atoms. The first-order valence-corrected chi connectivity index (χ1v) is 16.5. The molecule has 0 bridgehead atoms. The molecule has 0 atom stereocenters. The Labute approximate surface area is 119 Å². The quantitative estimate of drug-likeness (QED) is 0.532. The Morgan fingerprint density at radius 3 is 1.76 bits per heavy atom. The average Bonchev–Trinajstić information content (AvgIpc) is 2.10. The van der Waals surface area contributed by atoms with Crippen LogP contribution in [0.5, 0.6) is 0 Å². The van der Waals surface area contributed by atoms with Gasteiger partial charge < -0.3 is 12.3 Å². The standard InChI is InChI=1S/C8H28O3Si6/c1-7(14-9-12)8(15-10-13)17(5,6)11-16(2,3)4/h14-15H2,1-6,12-13H3. The summed E-state index contributed by atoms with van der Waals surface area (Å²) in [5.74, 6) is 0. The zero-order valence-electron chi connectivity index (χ0n) is 12.6. The molecule has 0 aliphatic heterocycles. The van der Waals surface area contributed by atoms with E-state index in [0.29, 0.717) is 0 Å². The predicted octanol–water partition coefficient (Wildman–Crippen LogP) is -1.42. The van der Waals surface area contributed by atoms with Crippen LogP contribution in [-0.2, 0) is 12.3 Å². The van der Waals surface area contributed by atoms with E-state index in [0.717, 1.165) is 21.0 Å². The summed E-state index contributed by atoms with van der Waals surface area (Å²) in [6, 6.07) is 0. The van der Waals surface area contributed by atoms with Crippen LogP contribution in [0, 0.1) is 0 Å². The van der Waals surface area contributed by atoms with Crippen LogP contribution in [-0.4, -0.2) is 57.1 Å². The maximum Gasteiger partial charge on any atom is 0.199 e. The summed E-state index contributed by atoms with van der Waals surface area (Å²) >= 11 is 0. The van der Waals surface area contributed by atoms with Crippen molar-refractivity contribution in [3.05, 3.63) is 10.0 Å². The summed E-state index contributed by atoms with van der Waals surface area (Å²) in [5, 5.41) is 1.51. The fourth-order valence-electron chi connectivity index (χ4n) is 2.09. The van der Waals surface area contributed by atoms with Crippen LogP contribution < -0.4 is 0 Å². The largest absolute Gasteiger partial charge is 0.465 e. The summed E-state index contributed by atoms with van der Waals surface area (Å²) in [4.78, 5) is 1.58. The third kappa shape index (κ3) is 7.17. The number of hydrogen-bond acceptors (Lipinski definition) is 3. The fraction of sp³-hybridized carbons (Fsp3) is 0.750. The van der Waals surface area contributed by atoms with E-state index in [-0.39, 0.29) is 0 Å². The molecule has 0 N–H and O–H groups in total. The lowest BCUT2D eigenvalue weighted by Crippen LogP contribution is -2.46. The SMILES string of the molecule is CC([SiH2]O[SiH3])=C([SiH2]O[SiH3])[Si](C)(C)O[Si](C)(C)C. The van der Waals surface area contributed by atoms with Gasteiger partial charge in [0.25, 0.3) is 0 Å². The summed E-state index contributed by atoms with van der Waals surface area (Å²) in [6.07, 6.45) is 0. The van der Waals surface area contributed by atoms with E-state index in [4.69, 9.17) is 12.3 Å². The van der Waals surface area contributed by atoms with Crippen molar-refractivity contribution in [2.24, 2.45) is 0 Å². The van der Waals surface area contributed by atoms with Crippen molar-refractivity contribution < 1.29 is 12.3 Å². The molecule has 0 aliphatic carbocycles. The van der Waals surface area contributed by atoms with Crippen molar-refractivity contribution in [1.29, 1.82) is 0 Å². The van der Waals surface area contributed by atoms with Gasteiger partial charge in [0.15, 0.2) is 36.2 Å². The van der Waals surface area contributed by atoms with Crippen molar-refractivity contribution in [3.8, 4) is 0 Å². The Bertz CT molecular complexity index is 273. The molecule has 0 heterocycles. The predicted molar refractivity (Wildman–Crippen MR) is 93.7 cm³/mol. The van der Waals surface area contributed by atoms with Gasteiger partial charge in [0.2, 0.25) is 0 Å². The van der Waals surface area contributed by atoms with E-state index in [1.807, 2.05) is 0 Å². The van der Waals surface area contributed by atoms with Crippen molar-refractivity contribution in [1.82, 2.24) is 0 Å². The molecule has 0 aromatic carbocycles. The van der Waals surface area contributed by atoms with Crippen LogP contribution in [0.1, 0.15) is 6.92 Å². The molecule has 3 nitrogen and oxygen atoms in total. The molecule has 102 valence electrons. The molecule has 0 aromatic heterocycles. The molecule has 0 saturated carbocycles. The minimum Gasteiger partial charge on any atom is -0.465 e. The normalized spacial score (nSPS) is 16.6. The van der Waals surface area contributed by atoms with Gasteiger partial charge in [0.1, 0.15) is 21.0 Å². The van der Waals surface area contributed by atoms with E-state index in [9.17, 15) is 0 Å². The Kier molecular flexibility index (Phi) is 7.90. The number of allylic oxidation sites excluding steroid dienone is 1. The van der Waals surface area contributed by atoms with E-state index in [1.54, 1.807) is 4.82 Å². The van der Waals surface area contributed by atoms with Gasteiger partial charge in [-0.25, -0.2) is 0 Å². The average molecular weight is 341 g/mol. The Morgan fingerprint density at radius 2 is 1.41 bits per heavy atom. The van der Waals surface area contributed by atoms with Gasteiger partial charge in [-0.2, -0.15) is 0 Å². The lowest BCUT2D eigenvalue weighted by atomic mass is 10.7. The van der Waals surface area contributed by atoms with E-state index >= 15 is 0 Å². The smallest absolute Gasteiger partial charge is 0.199 e. The zero-order valence-corrected chi connectivity index (χ0v) is 21.5. The third-order valence-electron chi connectivity index (χ3n) is 2.45. The topological polar surface area (TPSA) is 27.7 Å². The van der Waals surface area contributed by atoms with Crippen molar-refractivity contribution in [2.75, 3.05) is 0 Å². The van der Waals surface area contributed by atoms with Crippen LogP contribution in [0.3, 0.4) is 0 Å². The molecule has 9 heteroatoms. The van der Waals surface area contributed by atoms with Crippen molar-refractivity contribution in [2.45, 2.75) is 39.7 Å². The highest BCUT2D eigenvalue weighted by atomic mass is 28.4. The molecular weight excluding hydrogens is 313 g/mol. The second-order valence-electron chi connectivity index (χ2n) is 5.85. The Hall–Kier alpha value is 0.921. The molecule has 0 fully saturated rings. The van der Waals surface area contributed by atoms with Crippen LogP contribution in [0.4, 0.5) is 0 Å². The van der Waals surface area contributed by atoms with Gasteiger partial charge >= 0.3 is 0 Å². The first-order valence-electron chi connectivity index (χ1n) is 6.01. The lowest BCUT2D eigenvalue weighted by molar-refractivity contribution is 0.560. The first-order chi connectivity index (χ1) is 7.64. The van der Waals surface area contributed by atoms with Gasteiger partial charge in [-0.1, -0.05) is 10.0 Å². The monoisotopic (exact) mass is 340 g/mol. The highest BCUT2D eigenvalue weighted by Gasteiger charge is 2.34. The van der Waals surface area contributed by atoms with Crippen LogP contribution in [0.15, 0.2) is 10.0 Å². The minimum atomic E-state index is -1.72. The van der Waals surface area contributed by atoms with Gasteiger partial charge in [0, 0.05) is 0 Å². The maximum atomic E-state index is 6.48. The van der Waals surface area contributed by atoms with Crippen LogP contribution in [0.2, 0.25) is 32.7 Å². The van der Waals surface area contributed by atoms with Gasteiger partial charge in [-0.15, -0.1) is 0 Å². The summed E-state index contributed by atoms with van der Waals surface area (Å²) in [6.45, 7) is 13.7.